The number of hydrogen-bond acceptors (Lipinski definition) is 4. The maximum Gasteiger partial charge on any atom is 0.315 e. The lowest BCUT2D eigenvalue weighted by Gasteiger charge is -2.21. The molecule has 2 N–H and O–H groups in total. The van der Waals surface area contributed by atoms with Gasteiger partial charge in [-0.3, -0.25) is 10.1 Å². The van der Waals surface area contributed by atoms with Gasteiger partial charge in [0.1, 0.15) is 11.4 Å². The van der Waals surface area contributed by atoms with Crippen LogP contribution in [0.15, 0.2) is 18.2 Å². The molecule has 1 saturated carbocycles. The fourth-order valence-corrected chi connectivity index (χ4v) is 2.61. The molecule has 1 aromatic rings. The number of nitro benzene ring substituents is 1. The van der Waals surface area contributed by atoms with Gasteiger partial charge in [0, 0.05) is 13.1 Å². The summed E-state index contributed by atoms with van der Waals surface area (Å²) in [5.74, 6) is 0.603. The highest BCUT2D eigenvalue weighted by atomic mass is 16.6. The summed E-state index contributed by atoms with van der Waals surface area (Å²) in [6, 6.07) is 5.39. The minimum atomic E-state index is -0.310. The van der Waals surface area contributed by atoms with E-state index in [-0.39, 0.29) is 10.6 Å². The van der Waals surface area contributed by atoms with E-state index in [1.165, 1.54) is 12.8 Å². The molecule has 1 fully saturated rings. The third-order valence-electron chi connectivity index (χ3n) is 4.33. The van der Waals surface area contributed by atoms with E-state index in [0.717, 1.165) is 6.54 Å². The molecule has 0 saturated heterocycles. The van der Waals surface area contributed by atoms with Crippen LogP contribution in [0, 0.1) is 21.4 Å². The van der Waals surface area contributed by atoms with Gasteiger partial charge in [-0.25, -0.2) is 0 Å². The molecule has 5 nitrogen and oxygen atoms in total. The Hall–Kier alpha value is -1.78. The van der Waals surface area contributed by atoms with Crippen LogP contribution in [-0.2, 0) is 0 Å². The van der Waals surface area contributed by atoms with Gasteiger partial charge in [0.05, 0.1) is 4.92 Å². The van der Waals surface area contributed by atoms with Crippen molar-refractivity contribution in [1.82, 2.24) is 0 Å². The van der Waals surface area contributed by atoms with E-state index >= 15 is 0 Å². The molecule has 0 spiro atoms. The predicted octanol–water partition coefficient (Wildman–Crippen LogP) is 3.87. The second kappa shape index (κ2) is 5.69. The lowest BCUT2D eigenvalue weighted by Crippen LogP contribution is -2.21. The highest BCUT2D eigenvalue weighted by molar-refractivity contribution is 5.76. The lowest BCUT2D eigenvalue weighted by atomic mass is 9.92. The van der Waals surface area contributed by atoms with E-state index < -0.39 is 0 Å². The van der Waals surface area contributed by atoms with Gasteiger partial charge in [0.15, 0.2) is 0 Å². The largest absolute Gasteiger partial charge is 0.380 e. The number of benzene rings is 1. The van der Waals surface area contributed by atoms with E-state index in [9.17, 15) is 10.1 Å². The molecule has 0 amide bonds. The molecule has 20 heavy (non-hydrogen) atoms. The Morgan fingerprint density at radius 2 is 1.90 bits per heavy atom. The molecule has 0 aromatic heterocycles. The van der Waals surface area contributed by atoms with Crippen molar-refractivity contribution in [3.63, 3.8) is 0 Å². The van der Waals surface area contributed by atoms with E-state index in [0.29, 0.717) is 29.3 Å². The average molecular weight is 277 g/mol. The summed E-state index contributed by atoms with van der Waals surface area (Å²) < 4.78 is 0. The van der Waals surface area contributed by atoms with Crippen LogP contribution in [0.25, 0.3) is 0 Å². The summed E-state index contributed by atoms with van der Waals surface area (Å²) in [4.78, 5) is 11.0. The van der Waals surface area contributed by atoms with Crippen molar-refractivity contribution >= 4 is 17.1 Å². The van der Waals surface area contributed by atoms with Gasteiger partial charge < -0.3 is 10.6 Å². The highest BCUT2D eigenvalue weighted by Crippen LogP contribution is 2.52. The van der Waals surface area contributed by atoms with Crippen molar-refractivity contribution in [1.29, 1.82) is 0 Å². The molecule has 110 valence electrons. The number of nitrogens with one attached hydrogen (secondary N) is 2. The molecular weight excluding hydrogens is 254 g/mol. The quantitative estimate of drug-likeness (QED) is 0.586. The first-order chi connectivity index (χ1) is 9.50. The first-order valence-corrected chi connectivity index (χ1v) is 7.25. The lowest BCUT2D eigenvalue weighted by molar-refractivity contribution is -0.383. The SMILES string of the molecule is CCNc1cccc(NCC2(C(C)C)CC2)c1[N+](=O)[O-]. The van der Waals surface area contributed by atoms with Crippen LogP contribution in [0.4, 0.5) is 17.1 Å². The van der Waals surface area contributed by atoms with Gasteiger partial charge in [-0.1, -0.05) is 19.9 Å². The number of hydrogen-bond donors (Lipinski definition) is 2. The summed E-state index contributed by atoms with van der Waals surface area (Å²) in [6.45, 7) is 7.85. The Kier molecular flexibility index (Phi) is 4.16. The molecule has 1 aliphatic carbocycles. The van der Waals surface area contributed by atoms with Crippen molar-refractivity contribution in [2.75, 3.05) is 23.7 Å². The number of nitrogens with zero attached hydrogens (tertiary/aromatic N) is 1. The zero-order valence-electron chi connectivity index (χ0n) is 12.4. The van der Waals surface area contributed by atoms with E-state index in [1.807, 2.05) is 13.0 Å². The van der Waals surface area contributed by atoms with Crippen molar-refractivity contribution in [2.24, 2.45) is 11.3 Å². The third-order valence-corrected chi connectivity index (χ3v) is 4.33. The molecule has 1 aliphatic rings. The topological polar surface area (TPSA) is 67.2 Å². The average Bonchev–Trinajstić information content (AvgIpc) is 3.17. The van der Waals surface area contributed by atoms with Gasteiger partial charge in [-0.15, -0.1) is 0 Å². The van der Waals surface area contributed by atoms with Crippen molar-refractivity contribution in [3.05, 3.63) is 28.3 Å². The molecular formula is C15H23N3O2. The smallest absolute Gasteiger partial charge is 0.315 e. The Balaban J connectivity index is 2.19. The summed E-state index contributed by atoms with van der Waals surface area (Å²) in [5.41, 5.74) is 1.66. The van der Waals surface area contributed by atoms with Crippen molar-refractivity contribution in [2.45, 2.75) is 33.6 Å². The molecule has 0 atom stereocenters. The van der Waals surface area contributed by atoms with Crippen LogP contribution < -0.4 is 10.6 Å². The van der Waals surface area contributed by atoms with Crippen LogP contribution in [-0.4, -0.2) is 18.0 Å². The van der Waals surface area contributed by atoms with E-state index in [4.69, 9.17) is 0 Å². The number of nitro groups is 1. The van der Waals surface area contributed by atoms with Crippen molar-refractivity contribution < 1.29 is 4.92 Å². The summed E-state index contributed by atoms with van der Waals surface area (Å²) in [7, 11) is 0. The molecule has 5 heteroatoms. The molecule has 0 heterocycles. The number of rotatable bonds is 7. The number of para-hydroxylation sites is 1. The Morgan fingerprint density at radius 3 is 2.35 bits per heavy atom. The minimum Gasteiger partial charge on any atom is -0.380 e. The predicted molar refractivity (Wildman–Crippen MR) is 82.3 cm³/mol. The highest BCUT2D eigenvalue weighted by Gasteiger charge is 2.45. The first-order valence-electron chi connectivity index (χ1n) is 7.25. The van der Waals surface area contributed by atoms with Gasteiger partial charge in [0.25, 0.3) is 0 Å². The van der Waals surface area contributed by atoms with Gasteiger partial charge in [-0.2, -0.15) is 0 Å². The first kappa shape index (κ1) is 14.6. The van der Waals surface area contributed by atoms with Crippen LogP contribution in [0.3, 0.4) is 0 Å². The molecule has 0 bridgehead atoms. The standard InChI is InChI=1S/C15H23N3O2/c1-4-16-12-6-5-7-13(14(12)18(19)20)17-10-15(8-9-15)11(2)3/h5-7,11,16-17H,4,8-10H2,1-3H3. The van der Waals surface area contributed by atoms with E-state index in [1.54, 1.807) is 12.1 Å². The van der Waals surface area contributed by atoms with Crippen molar-refractivity contribution in [3.8, 4) is 0 Å². The Labute approximate surface area is 119 Å². The van der Waals surface area contributed by atoms with Crippen LogP contribution in [0.2, 0.25) is 0 Å². The Morgan fingerprint density at radius 1 is 1.30 bits per heavy atom. The fourth-order valence-electron chi connectivity index (χ4n) is 2.61. The molecule has 2 rings (SSSR count). The Bertz CT molecular complexity index is 496. The molecule has 0 unspecified atom stereocenters. The monoisotopic (exact) mass is 277 g/mol. The van der Waals surface area contributed by atoms with Crippen LogP contribution >= 0.6 is 0 Å². The fraction of sp³-hybridized carbons (Fsp3) is 0.600. The summed E-state index contributed by atoms with van der Waals surface area (Å²) in [6.07, 6.45) is 2.41. The maximum absolute atomic E-state index is 11.3. The van der Waals surface area contributed by atoms with Crippen LogP contribution in [0.5, 0.6) is 0 Å². The maximum atomic E-state index is 11.3. The summed E-state index contributed by atoms with van der Waals surface area (Å²) >= 11 is 0. The molecule has 0 aliphatic heterocycles. The van der Waals surface area contributed by atoms with Gasteiger partial charge >= 0.3 is 5.69 Å². The second-order valence-electron chi connectivity index (χ2n) is 5.86. The number of anilines is 2. The summed E-state index contributed by atoms with van der Waals surface area (Å²) in [5, 5.41) is 17.7. The normalized spacial score (nSPS) is 16.0. The molecule has 1 aromatic carbocycles. The second-order valence-corrected chi connectivity index (χ2v) is 5.86. The third kappa shape index (κ3) is 2.86. The van der Waals surface area contributed by atoms with Gasteiger partial charge in [0.2, 0.25) is 0 Å². The van der Waals surface area contributed by atoms with E-state index in [2.05, 4.69) is 24.5 Å². The molecule has 0 radical (unpaired) electrons. The minimum absolute atomic E-state index is 0.147. The zero-order chi connectivity index (χ0) is 14.8. The van der Waals surface area contributed by atoms with Gasteiger partial charge in [-0.05, 0) is 43.2 Å². The zero-order valence-corrected chi connectivity index (χ0v) is 12.4. The van der Waals surface area contributed by atoms with Crippen LogP contribution in [0.1, 0.15) is 33.6 Å².